The van der Waals surface area contributed by atoms with E-state index in [0.29, 0.717) is 16.9 Å². The molecule has 15 heavy (non-hydrogen) atoms. The summed E-state index contributed by atoms with van der Waals surface area (Å²) >= 11 is 3.12. The number of hydrogen-bond acceptors (Lipinski definition) is 2. The number of ether oxygens (including phenoxy) is 1. The maximum absolute atomic E-state index is 13.4. The number of aliphatic carboxylic acids is 1. The van der Waals surface area contributed by atoms with Gasteiger partial charge in [0, 0.05) is 17.0 Å². The SMILES string of the molecule is COc1cc(F)c(CBr)c(CC(=O)O)c1. The lowest BCUT2D eigenvalue weighted by atomic mass is 10.0. The molecule has 0 bridgehead atoms. The Balaban J connectivity index is 3.19. The quantitative estimate of drug-likeness (QED) is 0.859. The van der Waals surface area contributed by atoms with Gasteiger partial charge in [0.1, 0.15) is 11.6 Å². The molecule has 0 spiro atoms. The van der Waals surface area contributed by atoms with Gasteiger partial charge in [-0.05, 0) is 11.6 Å². The van der Waals surface area contributed by atoms with Crippen molar-refractivity contribution in [3.63, 3.8) is 0 Å². The third-order valence-electron chi connectivity index (χ3n) is 1.97. The van der Waals surface area contributed by atoms with Gasteiger partial charge >= 0.3 is 5.97 Å². The molecule has 0 heterocycles. The summed E-state index contributed by atoms with van der Waals surface area (Å²) in [5.41, 5.74) is 0.787. The van der Waals surface area contributed by atoms with E-state index in [4.69, 9.17) is 9.84 Å². The van der Waals surface area contributed by atoms with E-state index in [1.807, 2.05) is 0 Å². The third kappa shape index (κ3) is 2.92. The minimum Gasteiger partial charge on any atom is -0.497 e. The van der Waals surface area contributed by atoms with Gasteiger partial charge in [0.15, 0.2) is 0 Å². The number of benzene rings is 1. The van der Waals surface area contributed by atoms with Crippen molar-refractivity contribution in [1.82, 2.24) is 0 Å². The summed E-state index contributed by atoms with van der Waals surface area (Å²) in [6, 6.07) is 2.77. The maximum atomic E-state index is 13.4. The lowest BCUT2D eigenvalue weighted by molar-refractivity contribution is -0.136. The van der Waals surface area contributed by atoms with Gasteiger partial charge in [-0.25, -0.2) is 4.39 Å². The predicted molar refractivity (Wildman–Crippen MR) is 56.9 cm³/mol. The van der Waals surface area contributed by atoms with E-state index in [1.165, 1.54) is 19.2 Å². The van der Waals surface area contributed by atoms with Gasteiger partial charge in [0.25, 0.3) is 0 Å². The van der Waals surface area contributed by atoms with E-state index in [0.717, 1.165) is 0 Å². The van der Waals surface area contributed by atoms with Crippen LogP contribution in [0.4, 0.5) is 4.39 Å². The van der Waals surface area contributed by atoms with Crippen LogP contribution < -0.4 is 4.74 Å². The fraction of sp³-hybridized carbons (Fsp3) is 0.300. The summed E-state index contributed by atoms with van der Waals surface area (Å²) in [6.07, 6.45) is -0.213. The Labute approximate surface area is 95.0 Å². The van der Waals surface area contributed by atoms with Crippen LogP contribution in [0.15, 0.2) is 12.1 Å². The fourth-order valence-electron chi connectivity index (χ4n) is 1.25. The van der Waals surface area contributed by atoms with Crippen molar-refractivity contribution in [1.29, 1.82) is 0 Å². The standard InChI is InChI=1S/C10H10BrFO3/c1-15-7-2-6(3-10(13)14)8(5-11)9(12)4-7/h2,4H,3,5H2,1H3,(H,13,14). The van der Waals surface area contributed by atoms with Crippen molar-refractivity contribution in [2.45, 2.75) is 11.8 Å². The Morgan fingerprint density at radius 3 is 2.73 bits per heavy atom. The molecule has 1 N–H and O–H groups in total. The van der Waals surface area contributed by atoms with Crippen molar-refractivity contribution in [3.05, 3.63) is 29.1 Å². The summed E-state index contributed by atoms with van der Waals surface area (Å²) in [5, 5.41) is 8.95. The van der Waals surface area contributed by atoms with E-state index in [9.17, 15) is 9.18 Å². The predicted octanol–water partition coefficient (Wildman–Crippen LogP) is 2.36. The first kappa shape index (κ1) is 12.0. The molecular formula is C10H10BrFO3. The molecule has 0 aliphatic rings. The molecule has 3 nitrogen and oxygen atoms in total. The molecule has 0 saturated carbocycles. The molecule has 0 unspecified atom stereocenters. The molecule has 0 aliphatic carbocycles. The second kappa shape index (κ2) is 5.11. The summed E-state index contributed by atoms with van der Waals surface area (Å²) in [5.74, 6) is -1.12. The molecular weight excluding hydrogens is 267 g/mol. The average molecular weight is 277 g/mol. The zero-order chi connectivity index (χ0) is 11.4. The summed E-state index contributed by atoms with van der Waals surface area (Å²) in [6.45, 7) is 0. The van der Waals surface area contributed by atoms with Crippen molar-refractivity contribution < 1.29 is 19.0 Å². The second-order valence-corrected chi connectivity index (χ2v) is 3.51. The molecule has 0 radical (unpaired) electrons. The van der Waals surface area contributed by atoms with Crippen LogP contribution in [0.25, 0.3) is 0 Å². The van der Waals surface area contributed by atoms with Crippen LogP contribution in [-0.4, -0.2) is 18.2 Å². The average Bonchev–Trinajstić information content (AvgIpc) is 2.16. The molecule has 1 aromatic rings. The Morgan fingerprint density at radius 2 is 2.27 bits per heavy atom. The van der Waals surface area contributed by atoms with Crippen LogP contribution in [0.1, 0.15) is 11.1 Å². The summed E-state index contributed by atoms with van der Waals surface area (Å²) < 4.78 is 18.3. The molecule has 1 rings (SSSR count). The molecule has 5 heteroatoms. The molecule has 82 valence electrons. The minimum absolute atomic E-state index is 0.213. The number of rotatable bonds is 4. The zero-order valence-electron chi connectivity index (χ0n) is 8.09. The van der Waals surface area contributed by atoms with Gasteiger partial charge in [-0.15, -0.1) is 0 Å². The van der Waals surface area contributed by atoms with Crippen molar-refractivity contribution in [3.8, 4) is 5.75 Å². The largest absolute Gasteiger partial charge is 0.497 e. The Hall–Kier alpha value is -1.10. The molecule has 0 atom stereocenters. The first-order valence-corrected chi connectivity index (χ1v) is 5.33. The van der Waals surface area contributed by atoms with Crippen LogP contribution in [0.3, 0.4) is 0 Å². The van der Waals surface area contributed by atoms with Crippen molar-refractivity contribution in [2.24, 2.45) is 0 Å². The topological polar surface area (TPSA) is 46.5 Å². The molecule has 0 aliphatic heterocycles. The Bertz CT molecular complexity index is 379. The van der Waals surface area contributed by atoms with Crippen molar-refractivity contribution in [2.75, 3.05) is 7.11 Å². The molecule has 1 aromatic carbocycles. The lowest BCUT2D eigenvalue weighted by Crippen LogP contribution is -2.05. The molecule has 0 saturated heterocycles. The number of hydrogen-bond donors (Lipinski definition) is 1. The van der Waals surface area contributed by atoms with E-state index in [-0.39, 0.29) is 11.8 Å². The second-order valence-electron chi connectivity index (χ2n) is 2.95. The van der Waals surface area contributed by atoms with Gasteiger partial charge in [-0.3, -0.25) is 4.79 Å². The normalized spacial score (nSPS) is 10.1. The summed E-state index contributed by atoms with van der Waals surface area (Å²) in [4.78, 5) is 10.6. The highest BCUT2D eigenvalue weighted by atomic mass is 79.9. The van der Waals surface area contributed by atoms with Crippen LogP contribution in [0.5, 0.6) is 5.75 Å². The number of carboxylic acid groups (broad SMARTS) is 1. The lowest BCUT2D eigenvalue weighted by Gasteiger charge is -2.09. The van der Waals surface area contributed by atoms with Gasteiger partial charge in [-0.1, -0.05) is 15.9 Å². The number of halogens is 2. The highest BCUT2D eigenvalue weighted by molar-refractivity contribution is 9.08. The summed E-state index contributed by atoms with van der Waals surface area (Å²) in [7, 11) is 1.41. The molecule has 0 aromatic heterocycles. The van der Waals surface area contributed by atoms with Crippen LogP contribution in [-0.2, 0) is 16.5 Å². The maximum Gasteiger partial charge on any atom is 0.307 e. The monoisotopic (exact) mass is 276 g/mol. The van der Waals surface area contributed by atoms with Gasteiger partial charge in [0.2, 0.25) is 0 Å². The van der Waals surface area contributed by atoms with Gasteiger partial charge < -0.3 is 9.84 Å². The highest BCUT2D eigenvalue weighted by Gasteiger charge is 2.12. The first-order chi connectivity index (χ1) is 7.08. The van der Waals surface area contributed by atoms with Gasteiger partial charge in [0.05, 0.1) is 13.5 Å². The minimum atomic E-state index is -0.996. The zero-order valence-corrected chi connectivity index (χ0v) is 9.67. The number of carbonyl (C=O) groups is 1. The third-order valence-corrected chi connectivity index (χ3v) is 2.53. The van der Waals surface area contributed by atoms with Crippen molar-refractivity contribution >= 4 is 21.9 Å². The van der Waals surface area contributed by atoms with E-state index in [1.54, 1.807) is 0 Å². The first-order valence-electron chi connectivity index (χ1n) is 4.21. The van der Waals surface area contributed by atoms with E-state index in [2.05, 4.69) is 15.9 Å². The van der Waals surface area contributed by atoms with Crippen LogP contribution in [0, 0.1) is 5.82 Å². The smallest absolute Gasteiger partial charge is 0.307 e. The van der Waals surface area contributed by atoms with Crippen LogP contribution in [0.2, 0.25) is 0 Å². The highest BCUT2D eigenvalue weighted by Crippen LogP contribution is 2.24. The fourth-order valence-corrected chi connectivity index (χ4v) is 1.88. The number of alkyl halides is 1. The molecule has 0 fully saturated rings. The Kier molecular flexibility index (Phi) is 4.08. The number of methoxy groups -OCH3 is 1. The van der Waals surface area contributed by atoms with Crippen LogP contribution >= 0.6 is 15.9 Å². The van der Waals surface area contributed by atoms with Gasteiger partial charge in [-0.2, -0.15) is 0 Å². The van der Waals surface area contributed by atoms with E-state index >= 15 is 0 Å². The van der Waals surface area contributed by atoms with E-state index < -0.39 is 11.8 Å². The molecule has 0 amide bonds. The Morgan fingerprint density at radius 1 is 1.60 bits per heavy atom. The number of carboxylic acids is 1.